The Labute approximate surface area is 147 Å². The van der Waals surface area contributed by atoms with Crippen molar-refractivity contribution in [2.24, 2.45) is 17.8 Å². The van der Waals surface area contributed by atoms with Gasteiger partial charge in [0, 0.05) is 17.7 Å². The molecule has 1 aliphatic carbocycles. The summed E-state index contributed by atoms with van der Waals surface area (Å²) in [5.41, 5.74) is 0. The van der Waals surface area contributed by atoms with Gasteiger partial charge < -0.3 is 15.3 Å². The molecule has 0 aromatic carbocycles. The highest BCUT2D eigenvalue weighted by Gasteiger charge is 2.40. The van der Waals surface area contributed by atoms with E-state index < -0.39 is 17.9 Å². The van der Waals surface area contributed by atoms with Crippen molar-refractivity contribution in [3.63, 3.8) is 0 Å². The third-order valence-electron chi connectivity index (χ3n) is 5.21. The third-order valence-corrected chi connectivity index (χ3v) is 6.22. The second kappa shape index (κ2) is 8.23. The van der Waals surface area contributed by atoms with Crippen LogP contribution in [0, 0.1) is 17.8 Å². The van der Waals surface area contributed by atoms with E-state index >= 15 is 0 Å². The second-order valence-corrected chi connectivity index (χ2v) is 8.26. The lowest BCUT2D eigenvalue weighted by Gasteiger charge is -2.32. The number of thioether (sulfide) groups is 1. The molecule has 7 heteroatoms. The number of carboxylic acids is 1. The molecule has 2 amide bonds. The van der Waals surface area contributed by atoms with Crippen LogP contribution in [0.15, 0.2) is 0 Å². The van der Waals surface area contributed by atoms with Crippen molar-refractivity contribution in [3.05, 3.63) is 0 Å². The lowest BCUT2D eigenvalue weighted by atomic mass is 9.80. The molecule has 24 heavy (non-hydrogen) atoms. The quantitative estimate of drug-likeness (QED) is 0.786. The summed E-state index contributed by atoms with van der Waals surface area (Å²) >= 11 is 1.58. The molecule has 4 unspecified atom stereocenters. The summed E-state index contributed by atoms with van der Waals surface area (Å²) in [6, 6.07) is -0.375. The Morgan fingerprint density at radius 2 is 1.83 bits per heavy atom. The van der Waals surface area contributed by atoms with Crippen molar-refractivity contribution in [1.82, 2.24) is 10.2 Å². The number of carbonyl (C=O) groups is 3. The van der Waals surface area contributed by atoms with Crippen LogP contribution in [0.4, 0.5) is 0 Å². The van der Waals surface area contributed by atoms with E-state index in [1.807, 2.05) is 20.8 Å². The highest BCUT2D eigenvalue weighted by molar-refractivity contribution is 7.99. The molecule has 2 N–H and O–H groups in total. The van der Waals surface area contributed by atoms with Crippen LogP contribution >= 0.6 is 11.8 Å². The van der Waals surface area contributed by atoms with Crippen molar-refractivity contribution < 1.29 is 19.5 Å². The van der Waals surface area contributed by atoms with Crippen LogP contribution in [0.25, 0.3) is 0 Å². The van der Waals surface area contributed by atoms with Crippen LogP contribution in [0.2, 0.25) is 0 Å². The monoisotopic (exact) mass is 356 g/mol. The summed E-state index contributed by atoms with van der Waals surface area (Å²) in [5.74, 6) is -0.209. The van der Waals surface area contributed by atoms with Crippen molar-refractivity contribution in [3.8, 4) is 0 Å². The first kappa shape index (κ1) is 19.1. The molecular weight excluding hydrogens is 328 g/mol. The van der Waals surface area contributed by atoms with Gasteiger partial charge >= 0.3 is 5.97 Å². The van der Waals surface area contributed by atoms with Crippen molar-refractivity contribution in [2.75, 3.05) is 11.6 Å². The number of aliphatic carboxylic acids is 1. The van der Waals surface area contributed by atoms with Gasteiger partial charge in [0.05, 0.1) is 11.8 Å². The first-order valence-corrected chi connectivity index (χ1v) is 9.88. The largest absolute Gasteiger partial charge is 0.481 e. The lowest BCUT2D eigenvalue weighted by molar-refractivity contribution is -0.147. The Bertz CT molecular complexity index is 497. The molecule has 0 aromatic heterocycles. The van der Waals surface area contributed by atoms with E-state index in [1.165, 1.54) is 0 Å². The standard InChI is InChI=1S/C17H28N2O4S/c1-10(2)11(3)18-15(20)14-8-24-9-19(14)16(21)12-5-4-6-13(7-12)17(22)23/h10-14H,4-9H2,1-3H3,(H,18,20)(H,22,23). The number of hydrogen-bond donors (Lipinski definition) is 2. The van der Waals surface area contributed by atoms with E-state index in [0.717, 1.165) is 12.8 Å². The molecule has 0 spiro atoms. The Morgan fingerprint density at radius 1 is 1.17 bits per heavy atom. The Balaban J connectivity index is 2.00. The minimum Gasteiger partial charge on any atom is -0.481 e. The minimum absolute atomic E-state index is 0.0525. The van der Waals surface area contributed by atoms with E-state index in [-0.39, 0.29) is 23.8 Å². The molecule has 2 rings (SSSR count). The van der Waals surface area contributed by atoms with Gasteiger partial charge in [0.1, 0.15) is 6.04 Å². The number of hydrogen-bond acceptors (Lipinski definition) is 4. The average molecular weight is 356 g/mol. The van der Waals surface area contributed by atoms with Crippen LogP contribution in [-0.4, -0.2) is 51.5 Å². The lowest BCUT2D eigenvalue weighted by Crippen LogP contribution is -2.52. The number of amides is 2. The summed E-state index contributed by atoms with van der Waals surface area (Å²) < 4.78 is 0. The molecule has 1 aliphatic heterocycles. The van der Waals surface area contributed by atoms with Crippen LogP contribution in [0.3, 0.4) is 0 Å². The van der Waals surface area contributed by atoms with Gasteiger partial charge in [-0.05, 0) is 32.1 Å². The number of rotatable bonds is 5. The van der Waals surface area contributed by atoms with Crippen LogP contribution in [-0.2, 0) is 14.4 Å². The van der Waals surface area contributed by atoms with Gasteiger partial charge in [-0.3, -0.25) is 14.4 Å². The van der Waals surface area contributed by atoms with Gasteiger partial charge in [0.25, 0.3) is 0 Å². The summed E-state index contributed by atoms with van der Waals surface area (Å²) in [5, 5.41) is 12.2. The molecule has 1 heterocycles. The molecule has 1 saturated carbocycles. The van der Waals surface area contributed by atoms with Gasteiger partial charge in [0.15, 0.2) is 0 Å². The van der Waals surface area contributed by atoms with Gasteiger partial charge in [-0.15, -0.1) is 11.8 Å². The molecular formula is C17H28N2O4S. The topological polar surface area (TPSA) is 86.7 Å². The van der Waals surface area contributed by atoms with Gasteiger partial charge in [0.2, 0.25) is 11.8 Å². The second-order valence-electron chi connectivity index (χ2n) is 7.26. The maximum atomic E-state index is 12.8. The number of carboxylic acid groups (broad SMARTS) is 1. The predicted molar refractivity (Wildman–Crippen MR) is 93.5 cm³/mol. The van der Waals surface area contributed by atoms with Crippen molar-refractivity contribution in [1.29, 1.82) is 0 Å². The van der Waals surface area contributed by atoms with E-state index in [2.05, 4.69) is 5.32 Å². The Morgan fingerprint density at radius 3 is 2.46 bits per heavy atom. The molecule has 1 saturated heterocycles. The van der Waals surface area contributed by atoms with E-state index in [0.29, 0.717) is 30.4 Å². The first-order chi connectivity index (χ1) is 11.3. The van der Waals surface area contributed by atoms with E-state index in [4.69, 9.17) is 0 Å². The fourth-order valence-corrected chi connectivity index (χ4v) is 4.40. The highest BCUT2D eigenvalue weighted by atomic mass is 32.2. The molecule has 4 atom stereocenters. The van der Waals surface area contributed by atoms with Crippen LogP contribution < -0.4 is 5.32 Å². The first-order valence-electron chi connectivity index (χ1n) is 8.72. The SMILES string of the molecule is CC(C)C(C)NC(=O)C1CSCN1C(=O)C1CCCC(C(=O)O)C1. The molecule has 6 nitrogen and oxygen atoms in total. The maximum Gasteiger partial charge on any atom is 0.306 e. The van der Waals surface area contributed by atoms with E-state index in [1.54, 1.807) is 16.7 Å². The summed E-state index contributed by atoms with van der Waals surface area (Å²) in [7, 11) is 0. The number of carbonyl (C=O) groups excluding carboxylic acids is 2. The fourth-order valence-electron chi connectivity index (χ4n) is 3.24. The zero-order valence-corrected chi connectivity index (χ0v) is 15.5. The van der Waals surface area contributed by atoms with Crippen LogP contribution in [0.1, 0.15) is 46.5 Å². The van der Waals surface area contributed by atoms with Crippen LogP contribution in [0.5, 0.6) is 0 Å². The Hall–Kier alpha value is -1.24. The number of nitrogens with zero attached hydrogens (tertiary/aromatic N) is 1. The molecule has 136 valence electrons. The number of nitrogens with one attached hydrogen (secondary N) is 1. The maximum absolute atomic E-state index is 12.8. The van der Waals surface area contributed by atoms with Gasteiger partial charge in [-0.2, -0.15) is 0 Å². The normalized spacial score (nSPS) is 28.7. The Kier molecular flexibility index (Phi) is 6.54. The van der Waals surface area contributed by atoms with Crippen molar-refractivity contribution >= 4 is 29.5 Å². The van der Waals surface area contributed by atoms with Gasteiger partial charge in [-0.1, -0.05) is 20.3 Å². The highest BCUT2D eigenvalue weighted by Crippen LogP contribution is 2.33. The fraction of sp³-hybridized carbons (Fsp3) is 0.824. The average Bonchev–Trinajstić information content (AvgIpc) is 3.03. The molecule has 2 aliphatic rings. The zero-order valence-electron chi connectivity index (χ0n) is 14.7. The zero-order chi connectivity index (χ0) is 17.9. The predicted octanol–water partition coefficient (Wildman–Crippen LogP) is 1.94. The molecule has 0 radical (unpaired) electrons. The molecule has 0 bridgehead atoms. The summed E-state index contributed by atoms with van der Waals surface area (Å²) in [4.78, 5) is 38.2. The molecule has 0 aromatic rings. The van der Waals surface area contributed by atoms with Gasteiger partial charge in [-0.25, -0.2) is 0 Å². The summed E-state index contributed by atoms with van der Waals surface area (Å²) in [6.07, 6.45) is 2.52. The van der Waals surface area contributed by atoms with E-state index in [9.17, 15) is 19.5 Å². The minimum atomic E-state index is -0.816. The smallest absolute Gasteiger partial charge is 0.306 e. The van der Waals surface area contributed by atoms with Crippen molar-refractivity contribution in [2.45, 2.75) is 58.5 Å². The molecule has 2 fully saturated rings. The third kappa shape index (κ3) is 4.43. The summed E-state index contributed by atoms with van der Waals surface area (Å²) in [6.45, 7) is 6.06.